The van der Waals surface area contributed by atoms with E-state index in [1.54, 1.807) is 18.2 Å². The molecule has 0 atom stereocenters. The number of hydrogen-bond acceptors (Lipinski definition) is 5. The van der Waals surface area contributed by atoms with E-state index < -0.39 is 17.7 Å². The smallest absolute Gasteiger partial charge is 0.348 e. The number of rotatable bonds is 4. The second-order valence-corrected chi connectivity index (χ2v) is 7.06. The lowest BCUT2D eigenvalue weighted by molar-refractivity contribution is -0.222. The van der Waals surface area contributed by atoms with Gasteiger partial charge in [-0.05, 0) is 45.3 Å². The van der Waals surface area contributed by atoms with Crippen molar-refractivity contribution in [3.05, 3.63) is 69.7 Å². The third-order valence-corrected chi connectivity index (χ3v) is 4.28. The van der Waals surface area contributed by atoms with Crippen LogP contribution in [0.2, 0.25) is 0 Å². The fourth-order valence-electron chi connectivity index (χ4n) is 2.40. The molecule has 0 unspecified atom stereocenters. The maximum absolute atomic E-state index is 12.1. The van der Waals surface area contributed by atoms with Crippen LogP contribution in [0.15, 0.2) is 58.6 Å². The fraction of sp³-hybridized carbons (Fsp3) is 0.200. The maximum Gasteiger partial charge on any atom is 0.348 e. The van der Waals surface area contributed by atoms with Crippen LogP contribution in [0.3, 0.4) is 0 Å². The van der Waals surface area contributed by atoms with Crippen LogP contribution in [0.4, 0.5) is 0 Å². The minimum atomic E-state index is -1.25. The zero-order chi connectivity index (χ0) is 18.7. The highest BCUT2D eigenvalue weighted by Gasteiger charge is 2.38. The molecule has 0 N–H and O–H groups in total. The molecule has 1 saturated heterocycles. The lowest BCUT2D eigenvalue weighted by Crippen LogP contribution is -2.41. The molecule has 0 aromatic heterocycles. The molecule has 1 heterocycles. The highest BCUT2D eigenvalue weighted by molar-refractivity contribution is 9.10. The zero-order valence-corrected chi connectivity index (χ0v) is 15.9. The number of ether oxygens (including phenoxy) is 3. The molecular formula is C20H17BrO5. The van der Waals surface area contributed by atoms with E-state index >= 15 is 0 Å². The average Bonchev–Trinajstić information content (AvgIpc) is 2.58. The van der Waals surface area contributed by atoms with Gasteiger partial charge in [0.2, 0.25) is 0 Å². The Morgan fingerprint density at radius 1 is 1.04 bits per heavy atom. The van der Waals surface area contributed by atoms with E-state index in [2.05, 4.69) is 15.9 Å². The predicted octanol–water partition coefficient (Wildman–Crippen LogP) is 4.25. The van der Waals surface area contributed by atoms with Crippen molar-refractivity contribution >= 4 is 33.9 Å². The number of cyclic esters (lactones) is 2. The molecule has 1 aliphatic heterocycles. The zero-order valence-electron chi connectivity index (χ0n) is 14.3. The number of esters is 2. The Morgan fingerprint density at radius 3 is 2.35 bits per heavy atom. The fourth-order valence-corrected chi connectivity index (χ4v) is 2.76. The number of halogens is 1. The summed E-state index contributed by atoms with van der Waals surface area (Å²) in [5.74, 6) is -2.07. The minimum Gasteiger partial charge on any atom is -0.488 e. The van der Waals surface area contributed by atoms with Gasteiger partial charge >= 0.3 is 11.9 Å². The van der Waals surface area contributed by atoms with Crippen LogP contribution < -0.4 is 4.74 Å². The summed E-state index contributed by atoms with van der Waals surface area (Å²) in [4.78, 5) is 24.1. The highest BCUT2D eigenvalue weighted by Crippen LogP contribution is 2.29. The lowest BCUT2D eigenvalue weighted by atomic mass is 10.1. The van der Waals surface area contributed by atoms with Crippen molar-refractivity contribution in [1.29, 1.82) is 0 Å². The molecule has 3 rings (SSSR count). The molecule has 2 aromatic carbocycles. The van der Waals surface area contributed by atoms with E-state index in [0.29, 0.717) is 17.9 Å². The van der Waals surface area contributed by atoms with Gasteiger partial charge in [-0.15, -0.1) is 0 Å². The largest absolute Gasteiger partial charge is 0.488 e. The Hall–Kier alpha value is -2.60. The third kappa shape index (κ3) is 4.32. The summed E-state index contributed by atoms with van der Waals surface area (Å²) in [5.41, 5.74) is 1.50. The van der Waals surface area contributed by atoms with Crippen molar-refractivity contribution in [3.63, 3.8) is 0 Å². The summed E-state index contributed by atoms with van der Waals surface area (Å²) in [6.07, 6.45) is 1.43. The van der Waals surface area contributed by atoms with E-state index in [-0.39, 0.29) is 5.57 Å². The maximum atomic E-state index is 12.1. The molecule has 26 heavy (non-hydrogen) atoms. The van der Waals surface area contributed by atoms with Crippen molar-refractivity contribution in [2.24, 2.45) is 0 Å². The van der Waals surface area contributed by atoms with Crippen LogP contribution in [-0.2, 0) is 25.7 Å². The molecule has 0 amide bonds. The summed E-state index contributed by atoms with van der Waals surface area (Å²) in [6.45, 7) is 3.42. The van der Waals surface area contributed by atoms with Gasteiger partial charge in [-0.25, -0.2) is 9.59 Å². The Bertz CT molecular complexity index is 849. The van der Waals surface area contributed by atoms with Crippen LogP contribution in [-0.4, -0.2) is 17.7 Å². The third-order valence-electron chi connectivity index (χ3n) is 3.62. The summed E-state index contributed by atoms with van der Waals surface area (Å²) in [5, 5.41) is 0. The summed E-state index contributed by atoms with van der Waals surface area (Å²) < 4.78 is 16.8. The van der Waals surface area contributed by atoms with Crippen LogP contribution in [0.1, 0.15) is 25.0 Å². The first kappa shape index (κ1) is 18.2. The summed E-state index contributed by atoms with van der Waals surface area (Å²) in [6, 6.07) is 15.0. The first-order valence-corrected chi connectivity index (χ1v) is 8.78. The number of hydrogen-bond donors (Lipinski definition) is 0. The summed E-state index contributed by atoms with van der Waals surface area (Å²) >= 11 is 3.44. The van der Waals surface area contributed by atoms with E-state index in [1.807, 2.05) is 30.3 Å². The van der Waals surface area contributed by atoms with E-state index in [4.69, 9.17) is 14.2 Å². The molecule has 0 saturated carbocycles. The predicted molar refractivity (Wildman–Crippen MR) is 99.2 cm³/mol. The average molecular weight is 417 g/mol. The molecule has 0 aliphatic carbocycles. The molecule has 1 aliphatic rings. The van der Waals surface area contributed by atoms with Gasteiger partial charge in [0.05, 0.1) is 4.47 Å². The van der Waals surface area contributed by atoms with Gasteiger partial charge in [-0.2, -0.15) is 0 Å². The molecule has 5 nitrogen and oxygen atoms in total. The van der Waals surface area contributed by atoms with Gasteiger partial charge in [-0.3, -0.25) is 0 Å². The van der Waals surface area contributed by atoms with Crippen LogP contribution in [0.25, 0.3) is 6.08 Å². The van der Waals surface area contributed by atoms with Gasteiger partial charge in [-0.1, -0.05) is 36.4 Å². The van der Waals surface area contributed by atoms with Gasteiger partial charge in [0.15, 0.2) is 0 Å². The molecule has 1 fully saturated rings. The van der Waals surface area contributed by atoms with Crippen molar-refractivity contribution in [2.45, 2.75) is 26.2 Å². The Kier molecular flexibility index (Phi) is 5.13. The van der Waals surface area contributed by atoms with Crippen LogP contribution >= 0.6 is 15.9 Å². The molecule has 0 bridgehead atoms. The van der Waals surface area contributed by atoms with Gasteiger partial charge in [0, 0.05) is 13.8 Å². The monoisotopic (exact) mass is 416 g/mol. The van der Waals surface area contributed by atoms with Crippen molar-refractivity contribution in [2.75, 3.05) is 0 Å². The molecule has 0 spiro atoms. The summed E-state index contributed by atoms with van der Waals surface area (Å²) in [7, 11) is 0. The first-order chi connectivity index (χ1) is 12.3. The number of carbonyl (C=O) groups excluding carboxylic acids is 2. The van der Waals surface area contributed by atoms with E-state index in [1.165, 1.54) is 19.9 Å². The Balaban J connectivity index is 1.81. The number of carbonyl (C=O) groups is 2. The molecule has 2 aromatic rings. The van der Waals surface area contributed by atoms with Gasteiger partial charge in [0.1, 0.15) is 17.9 Å². The van der Waals surface area contributed by atoms with Crippen LogP contribution in [0, 0.1) is 0 Å². The topological polar surface area (TPSA) is 61.8 Å². The van der Waals surface area contributed by atoms with Crippen molar-refractivity contribution in [1.82, 2.24) is 0 Å². The standard InChI is InChI=1S/C20H17BrO5/c1-20(2)25-18(22)15(19(23)26-20)10-14-8-9-16(21)17(11-14)24-12-13-6-4-3-5-7-13/h3-11H,12H2,1-2H3. The first-order valence-electron chi connectivity index (χ1n) is 7.99. The second kappa shape index (κ2) is 7.33. The Morgan fingerprint density at radius 2 is 1.69 bits per heavy atom. The second-order valence-electron chi connectivity index (χ2n) is 6.20. The quantitative estimate of drug-likeness (QED) is 0.423. The van der Waals surface area contributed by atoms with Crippen LogP contribution in [0.5, 0.6) is 5.75 Å². The minimum absolute atomic E-state index is 0.152. The van der Waals surface area contributed by atoms with E-state index in [0.717, 1.165) is 10.0 Å². The molecular weight excluding hydrogens is 400 g/mol. The normalized spacial score (nSPS) is 15.9. The van der Waals surface area contributed by atoms with Crippen molar-refractivity contribution in [3.8, 4) is 5.75 Å². The SMILES string of the molecule is CC1(C)OC(=O)C(=Cc2ccc(Br)c(OCc3ccccc3)c2)C(=O)O1. The van der Waals surface area contributed by atoms with Gasteiger partial charge < -0.3 is 14.2 Å². The number of benzene rings is 2. The van der Waals surface area contributed by atoms with Gasteiger partial charge in [0.25, 0.3) is 5.79 Å². The van der Waals surface area contributed by atoms with Crippen molar-refractivity contribution < 1.29 is 23.8 Å². The Labute approximate surface area is 159 Å². The molecule has 134 valence electrons. The molecule has 6 heteroatoms. The highest BCUT2D eigenvalue weighted by atomic mass is 79.9. The van der Waals surface area contributed by atoms with E-state index in [9.17, 15) is 9.59 Å². The molecule has 0 radical (unpaired) electrons. The lowest BCUT2D eigenvalue weighted by Gasteiger charge is -2.29.